The van der Waals surface area contributed by atoms with Crippen molar-refractivity contribution in [2.24, 2.45) is 0 Å². The predicted molar refractivity (Wildman–Crippen MR) is 41.4 cm³/mol. The molecule has 0 spiro atoms. The average molecular weight is 161 g/mol. The van der Waals surface area contributed by atoms with Gasteiger partial charge in [-0.25, -0.2) is 5.48 Å². The van der Waals surface area contributed by atoms with Crippen molar-refractivity contribution < 1.29 is 15.1 Å². The Hall–Kier alpha value is -0.420. The molecule has 0 aromatic rings. The van der Waals surface area contributed by atoms with E-state index in [0.29, 0.717) is 6.54 Å². The van der Waals surface area contributed by atoms with Gasteiger partial charge < -0.3 is 15.1 Å². The number of aliphatic hydroxyl groups excluding tert-OH is 1. The zero-order valence-corrected chi connectivity index (χ0v) is 6.87. The van der Waals surface area contributed by atoms with Gasteiger partial charge in [0.15, 0.2) is 0 Å². The van der Waals surface area contributed by atoms with Gasteiger partial charge in [0.2, 0.25) is 0 Å². The second-order valence-corrected chi connectivity index (χ2v) is 2.22. The molecule has 0 aliphatic rings. The third kappa shape index (κ3) is 4.10. The van der Waals surface area contributed by atoms with E-state index in [2.05, 4.69) is 0 Å². The van der Waals surface area contributed by atoms with E-state index < -0.39 is 0 Å². The summed E-state index contributed by atoms with van der Waals surface area (Å²) in [7, 11) is 1.55. The third-order valence-corrected chi connectivity index (χ3v) is 1.48. The Bertz CT molecular complexity index is 125. The Labute approximate surface area is 66.4 Å². The Kier molecular flexibility index (Phi) is 6.06. The van der Waals surface area contributed by atoms with Crippen LogP contribution in [0.25, 0.3) is 0 Å². The van der Waals surface area contributed by atoms with Crippen LogP contribution in [-0.2, 0) is 4.74 Å². The highest BCUT2D eigenvalue weighted by Gasteiger charge is 2.07. The van der Waals surface area contributed by atoms with E-state index in [1.807, 2.05) is 12.4 Å². The van der Waals surface area contributed by atoms with Gasteiger partial charge in [-0.05, 0) is 12.5 Å². The highest BCUT2D eigenvalue weighted by molar-refractivity contribution is 5.05. The van der Waals surface area contributed by atoms with Crippen LogP contribution in [0.5, 0.6) is 0 Å². The lowest BCUT2D eigenvalue weighted by Gasteiger charge is -2.14. The van der Waals surface area contributed by atoms with E-state index in [9.17, 15) is 0 Å². The molecule has 0 rings (SSSR count). The third-order valence-electron chi connectivity index (χ3n) is 1.48. The average Bonchev–Trinajstić information content (AvgIpc) is 2.00. The van der Waals surface area contributed by atoms with Crippen LogP contribution in [0, 0.1) is 0 Å². The zero-order valence-electron chi connectivity index (χ0n) is 6.87. The van der Waals surface area contributed by atoms with Crippen LogP contribution in [0.15, 0.2) is 11.6 Å². The van der Waals surface area contributed by atoms with Gasteiger partial charge in [-0.3, -0.25) is 0 Å². The molecule has 0 fully saturated rings. The highest BCUT2D eigenvalue weighted by atomic mass is 16.5. The van der Waals surface area contributed by atoms with E-state index in [0.717, 1.165) is 5.57 Å². The normalized spacial score (nSPS) is 15.1. The maximum Gasteiger partial charge on any atom is 0.0926 e. The first-order valence-corrected chi connectivity index (χ1v) is 3.43. The molecule has 0 heterocycles. The molecule has 4 heteroatoms. The molecule has 0 aliphatic heterocycles. The van der Waals surface area contributed by atoms with Crippen molar-refractivity contribution >= 4 is 0 Å². The van der Waals surface area contributed by atoms with Crippen molar-refractivity contribution in [1.82, 2.24) is 5.48 Å². The van der Waals surface area contributed by atoms with Crippen LogP contribution in [0.1, 0.15) is 6.92 Å². The smallest absolute Gasteiger partial charge is 0.0926 e. The first-order chi connectivity index (χ1) is 5.26. The molecule has 1 unspecified atom stereocenters. The van der Waals surface area contributed by atoms with Crippen molar-refractivity contribution in [3.05, 3.63) is 11.6 Å². The fraction of sp³-hybridized carbons (Fsp3) is 0.714. The lowest BCUT2D eigenvalue weighted by molar-refractivity contribution is 0.0759. The van der Waals surface area contributed by atoms with E-state index >= 15 is 0 Å². The van der Waals surface area contributed by atoms with Crippen molar-refractivity contribution in [3.63, 3.8) is 0 Å². The van der Waals surface area contributed by atoms with Crippen LogP contribution < -0.4 is 5.48 Å². The number of nitrogens with one attached hydrogen (secondary N) is 1. The molecule has 3 N–H and O–H groups in total. The first-order valence-electron chi connectivity index (χ1n) is 3.43. The Morgan fingerprint density at radius 1 is 1.73 bits per heavy atom. The summed E-state index contributed by atoms with van der Waals surface area (Å²) in [5.74, 6) is 0. The molecule has 0 saturated heterocycles. The van der Waals surface area contributed by atoms with Gasteiger partial charge in [0.1, 0.15) is 0 Å². The van der Waals surface area contributed by atoms with Crippen molar-refractivity contribution in [1.29, 1.82) is 0 Å². The van der Waals surface area contributed by atoms with Crippen LogP contribution in [-0.4, -0.2) is 36.7 Å². The summed E-state index contributed by atoms with van der Waals surface area (Å²) in [6, 6.07) is 0. The van der Waals surface area contributed by atoms with Gasteiger partial charge in [-0.15, -0.1) is 0 Å². The summed E-state index contributed by atoms with van der Waals surface area (Å²) in [4.78, 5) is 0. The standard InChI is InChI=1S/C7H15NO3/c1-6(3-4-9)7(11-2)5-8-10/h3,7-10H,4-5H2,1-2H3/b6-3+. The molecule has 0 aromatic heterocycles. The highest BCUT2D eigenvalue weighted by Crippen LogP contribution is 2.02. The molecule has 0 aliphatic carbocycles. The lowest BCUT2D eigenvalue weighted by atomic mass is 10.1. The zero-order chi connectivity index (χ0) is 8.69. The molecule has 0 bridgehead atoms. The summed E-state index contributed by atoms with van der Waals surface area (Å²) < 4.78 is 5.00. The maximum atomic E-state index is 8.53. The monoisotopic (exact) mass is 161 g/mol. The lowest BCUT2D eigenvalue weighted by Crippen LogP contribution is -2.27. The molecule has 66 valence electrons. The molecule has 0 aromatic carbocycles. The SMILES string of the molecule is COC(CNO)/C(C)=C/CO. The number of ether oxygens (including phenoxy) is 1. The van der Waals surface area contributed by atoms with Gasteiger partial charge in [-0.1, -0.05) is 6.08 Å². The molecule has 1 atom stereocenters. The Balaban J connectivity index is 3.90. The number of aliphatic hydroxyl groups is 1. The van der Waals surface area contributed by atoms with Crippen LogP contribution in [0.3, 0.4) is 0 Å². The van der Waals surface area contributed by atoms with Crippen molar-refractivity contribution in [3.8, 4) is 0 Å². The molecular formula is C7H15NO3. The van der Waals surface area contributed by atoms with E-state index in [-0.39, 0.29) is 12.7 Å². The van der Waals surface area contributed by atoms with Gasteiger partial charge in [0, 0.05) is 7.11 Å². The van der Waals surface area contributed by atoms with Crippen LogP contribution in [0.2, 0.25) is 0 Å². The minimum absolute atomic E-state index is 0.00286. The molecule has 0 amide bonds. The number of hydrogen-bond acceptors (Lipinski definition) is 4. The van der Waals surface area contributed by atoms with Crippen LogP contribution in [0.4, 0.5) is 0 Å². The second-order valence-electron chi connectivity index (χ2n) is 2.22. The Morgan fingerprint density at radius 3 is 2.73 bits per heavy atom. The van der Waals surface area contributed by atoms with Gasteiger partial charge in [0.05, 0.1) is 19.3 Å². The van der Waals surface area contributed by atoms with Crippen LogP contribution >= 0.6 is 0 Å². The number of rotatable bonds is 5. The van der Waals surface area contributed by atoms with Crippen molar-refractivity contribution in [2.75, 3.05) is 20.3 Å². The number of hydrogen-bond donors (Lipinski definition) is 3. The largest absolute Gasteiger partial charge is 0.392 e. The van der Waals surface area contributed by atoms with Crippen molar-refractivity contribution in [2.45, 2.75) is 13.0 Å². The number of hydroxylamine groups is 1. The fourth-order valence-electron chi connectivity index (χ4n) is 0.789. The Morgan fingerprint density at radius 2 is 2.36 bits per heavy atom. The fourth-order valence-corrected chi connectivity index (χ4v) is 0.789. The van der Waals surface area contributed by atoms with E-state index in [1.54, 1.807) is 13.2 Å². The van der Waals surface area contributed by atoms with E-state index in [1.165, 1.54) is 0 Å². The summed E-state index contributed by atoms with van der Waals surface area (Å²) >= 11 is 0. The predicted octanol–water partition coefficient (Wildman–Crippen LogP) is -0.0812. The number of methoxy groups -OCH3 is 1. The second kappa shape index (κ2) is 6.30. The summed E-state index contributed by atoms with van der Waals surface area (Å²) in [6.45, 7) is 2.16. The molecule has 11 heavy (non-hydrogen) atoms. The molecule has 4 nitrogen and oxygen atoms in total. The van der Waals surface area contributed by atoms with Gasteiger partial charge in [-0.2, -0.15) is 0 Å². The topological polar surface area (TPSA) is 61.7 Å². The van der Waals surface area contributed by atoms with E-state index in [4.69, 9.17) is 15.1 Å². The first kappa shape index (κ1) is 10.6. The minimum atomic E-state index is -0.174. The van der Waals surface area contributed by atoms with Gasteiger partial charge in [0.25, 0.3) is 0 Å². The minimum Gasteiger partial charge on any atom is -0.392 e. The maximum absolute atomic E-state index is 8.53. The molecule has 0 radical (unpaired) electrons. The van der Waals surface area contributed by atoms with Gasteiger partial charge >= 0.3 is 0 Å². The quantitative estimate of drug-likeness (QED) is 0.390. The molecular weight excluding hydrogens is 146 g/mol. The molecule has 0 saturated carbocycles. The summed E-state index contributed by atoms with van der Waals surface area (Å²) in [6.07, 6.45) is 1.47. The summed E-state index contributed by atoms with van der Waals surface area (Å²) in [5.41, 5.74) is 2.91. The summed E-state index contributed by atoms with van der Waals surface area (Å²) in [5, 5.41) is 16.9.